The number of carbonyl (C=O) groups is 1. The van der Waals surface area contributed by atoms with Gasteiger partial charge in [0.25, 0.3) is 0 Å². The van der Waals surface area contributed by atoms with Crippen LogP contribution >= 0.6 is 15.9 Å². The van der Waals surface area contributed by atoms with Crippen LogP contribution in [0.2, 0.25) is 0 Å². The Bertz CT molecular complexity index is 711. The van der Waals surface area contributed by atoms with Crippen molar-refractivity contribution in [3.05, 3.63) is 63.9 Å². The fourth-order valence-corrected chi connectivity index (χ4v) is 2.11. The van der Waals surface area contributed by atoms with Crippen molar-refractivity contribution in [1.82, 2.24) is 0 Å². The van der Waals surface area contributed by atoms with Crippen LogP contribution < -0.4 is 4.74 Å². The molecule has 2 rings (SSSR count). The van der Waals surface area contributed by atoms with E-state index in [9.17, 15) is 9.18 Å². The average Bonchev–Trinajstić information content (AvgIpc) is 2.42. The molecule has 0 saturated heterocycles. The molecule has 21 heavy (non-hydrogen) atoms. The molecule has 0 saturated carbocycles. The summed E-state index contributed by atoms with van der Waals surface area (Å²) in [6.45, 7) is 1.87. The number of aliphatic carboxylic acids is 1. The van der Waals surface area contributed by atoms with Crippen molar-refractivity contribution >= 4 is 28.0 Å². The molecule has 0 heterocycles. The molecule has 0 aliphatic heterocycles. The first-order valence-corrected chi connectivity index (χ1v) is 6.89. The average molecular weight is 351 g/mol. The van der Waals surface area contributed by atoms with Crippen LogP contribution in [-0.4, -0.2) is 11.1 Å². The van der Waals surface area contributed by atoms with Crippen LogP contribution in [0.3, 0.4) is 0 Å². The Labute approximate surface area is 129 Å². The third-order valence-electron chi connectivity index (χ3n) is 2.74. The fourth-order valence-electron chi connectivity index (χ4n) is 1.67. The molecule has 0 fully saturated rings. The Kier molecular flexibility index (Phi) is 4.75. The molecule has 0 bridgehead atoms. The van der Waals surface area contributed by atoms with Crippen LogP contribution in [0.15, 0.2) is 46.9 Å². The van der Waals surface area contributed by atoms with Gasteiger partial charge in [0.05, 0.1) is 4.47 Å². The van der Waals surface area contributed by atoms with Gasteiger partial charge in [-0.25, -0.2) is 9.18 Å². The quantitative estimate of drug-likeness (QED) is 0.806. The van der Waals surface area contributed by atoms with Crippen molar-refractivity contribution < 1.29 is 19.0 Å². The number of carboxylic acids is 1. The van der Waals surface area contributed by atoms with Gasteiger partial charge in [-0.2, -0.15) is 0 Å². The van der Waals surface area contributed by atoms with Crippen LogP contribution in [-0.2, 0) is 4.79 Å². The Morgan fingerprint density at radius 2 is 2.00 bits per heavy atom. The van der Waals surface area contributed by atoms with Gasteiger partial charge < -0.3 is 9.84 Å². The van der Waals surface area contributed by atoms with Gasteiger partial charge in [-0.15, -0.1) is 0 Å². The zero-order valence-electron chi connectivity index (χ0n) is 11.1. The van der Waals surface area contributed by atoms with Crippen molar-refractivity contribution in [1.29, 1.82) is 0 Å². The van der Waals surface area contributed by atoms with E-state index < -0.39 is 5.97 Å². The van der Waals surface area contributed by atoms with E-state index >= 15 is 0 Å². The number of halogens is 2. The monoisotopic (exact) mass is 350 g/mol. The molecule has 0 radical (unpaired) electrons. The highest BCUT2D eigenvalue weighted by Crippen LogP contribution is 2.32. The van der Waals surface area contributed by atoms with E-state index in [-0.39, 0.29) is 5.82 Å². The zero-order chi connectivity index (χ0) is 15.4. The maximum atomic E-state index is 13.1. The summed E-state index contributed by atoms with van der Waals surface area (Å²) >= 11 is 3.24. The van der Waals surface area contributed by atoms with Crippen LogP contribution in [0.25, 0.3) is 6.08 Å². The smallest absolute Gasteiger partial charge is 0.328 e. The highest BCUT2D eigenvalue weighted by atomic mass is 79.9. The maximum absolute atomic E-state index is 13.1. The number of hydrogen-bond donors (Lipinski definition) is 1. The normalized spacial score (nSPS) is 10.8. The minimum Gasteiger partial charge on any atom is -0.478 e. The van der Waals surface area contributed by atoms with Crippen LogP contribution in [0.1, 0.15) is 11.1 Å². The fraction of sp³-hybridized carbons (Fsp3) is 0.0625. The lowest BCUT2D eigenvalue weighted by atomic mass is 10.1. The predicted molar refractivity (Wildman–Crippen MR) is 82.0 cm³/mol. The van der Waals surface area contributed by atoms with Crippen LogP contribution in [0.4, 0.5) is 4.39 Å². The second-order valence-corrected chi connectivity index (χ2v) is 5.23. The summed E-state index contributed by atoms with van der Waals surface area (Å²) in [4.78, 5) is 10.5. The predicted octanol–water partition coefficient (Wildman–Crippen LogP) is 4.79. The van der Waals surface area contributed by atoms with E-state index in [2.05, 4.69) is 15.9 Å². The standard InChI is InChI=1S/C16H12BrFO3/c1-10-2-3-11(4-7-16(19)20)8-15(10)21-14-6-5-12(18)9-13(14)17/h2-9H,1H3,(H,19,20)/b7-4+. The molecule has 5 heteroatoms. The molecule has 0 aliphatic carbocycles. The van der Waals surface area contributed by atoms with E-state index in [4.69, 9.17) is 9.84 Å². The van der Waals surface area contributed by atoms with Gasteiger partial charge in [-0.1, -0.05) is 12.1 Å². The van der Waals surface area contributed by atoms with Gasteiger partial charge in [0.15, 0.2) is 0 Å². The molecule has 108 valence electrons. The van der Waals surface area contributed by atoms with Crippen LogP contribution in [0.5, 0.6) is 11.5 Å². The first kappa shape index (κ1) is 15.3. The van der Waals surface area contributed by atoms with Gasteiger partial charge in [0.1, 0.15) is 17.3 Å². The molecule has 2 aromatic carbocycles. The molecule has 0 aromatic heterocycles. The van der Waals surface area contributed by atoms with Crippen LogP contribution in [0, 0.1) is 12.7 Å². The lowest BCUT2D eigenvalue weighted by Crippen LogP contribution is -1.91. The van der Waals surface area contributed by atoms with Crippen molar-refractivity contribution in [3.8, 4) is 11.5 Å². The van der Waals surface area contributed by atoms with Gasteiger partial charge in [-0.05, 0) is 64.3 Å². The SMILES string of the molecule is Cc1ccc(/C=C/C(=O)O)cc1Oc1ccc(F)cc1Br. The topological polar surface area (TPSA) is 46.5 Å². The highest BCUT2D eigenvalue weighted by molar-refractivity contribution is 9.10. The number of hydrogen-bond acceptors (Lipinski definition) is 2. The number of rotatable bonds is 4. The van der Waals surface area contributed by atoms with Crippen molar-refractivity contribution in [2.24, 2.45) is 0 Å². The molecular weight excluding hydrogens is 339 g/mol. The minimum atomic E-state index is -1.01. The van der Waals surface area contributed by atoms with Gasteiger partial charge in [-0.3, -0.25) is 0 Å². The molecule has 0 amide bonds. The molecule has 0 atom stereocenters. The van der Waals surface area contributed by atoms with Crippen molar-refractivity contribution in [2.45, 2.75) is 6.92 Å². The third-order valence-corrected chi connectivity index (χ3v) is 3.36. The summed E-state index contributed by atoms with van der Waals surface area (Å²) in [5.41, 5.74) is 1.59. The Morgan fingerprint density at radius 3 is 2.67 bits per heavy atom. The number of benzene rings is 2. The van der Waals surface area contributed by atoms with E-state index in [1.165, 1.54) is 24.3 Å². The Morgan fingerprint density at radius 1 is 1.24 bits per heavy atom. The molecule has 1 N–H and O–H groups in total. The largest absolute Gasteiger partial charge is 0.478 e. The molecular formula is C16H12BrFO3. The first-order valence-electron chi connectivity index (χ1n) is 6.10. The first-order chi connectivity index (χ1) is 9.95. The Hall–Kier alpha value is -2.14. The van der Waals surface area contributed by atoms with E-state index in [0.29, 0.717) is 21.5 Å². The third kappa shape index (κ3) is 4.16. The van der Waals surface area contributed by atoms with E-state index in [0.717, 1.165) is 11.6 Å². The van der Waals surface area contributed by atoms with E-state index in [1.54, 1.807) is 12.1 Å². The van der Waals surface area contributed by atoms with Gasteiger partial charge in [0, 0.05) is 6.08 Å². The zero-order valence-corrected chi connectivity index (χ0v) is 12.7. The van der Waals surface area contributed by atoms with Crippen molar-refractivity contribution in [3.63, 3.8) is 0 Å². The van der Waals surface area contributed by atoms with Gasteiger partial charge >= 0.3 is 5.97 Å². The molecule has 0 aliphatic rings. The Balaban J connectivity index is 2.30. The lowest BCUT2D eigenvalue weighted by Gasteiger charge is -2.11. The summed E-state index contributed by atoms with van der Waals surface area (Å²) in [6, 6.07) is 9.50. The maximum Gasteiger partial charge on any atom is 0.328 e. The second-order valence-electron chi connectivity index (χ2n) is 4.37. The van der Waals surface area contributed by atoms with Gasteiger partial charge in [0.2, 0.25) is 0 Å². The summed E-state index contributed by atoms with van der Waals surface area (Å²) in [7, 11) is 0. The number of carboxylic acid groups (broad SMARTS) is 1. The lowest BCUT2D eigenvalue weighted by molar-refractivity contribution is -0.131. The minimum absolute atomic E-state index is 0.357. The molecule has 0 unspecified atom stereocenters. The summed E-state index contributed by atoms with van der Waals surface area (Å²) in [5.74, 6) is -0.308. The number of aryl methyl sites for hydroxylation is 1. The number of ether oxygens (including phenoxy) is 1. The molecule has 3 nitrogen and oxygen atoms in total. The van der Waals surface area contributed by atoms with E-state index in [1.807, 2.05) is 13.0 Å². The summed E-state index contributed by atoms with van der Waals surface area (Å²) < 4.78 is 19.3. The highest BCUT2D eigenvalue weighted by Gasteiger charge is 2.07. The summed E-state index contributed by atoms with van der Waals surface area (Å²) in [5, 5.41) is 8.64. The van der Waals surface area contributed by atoms with Crippen molar-refractivity contribution in [2.75, 3.05) is 0 Å². The molecule has 2 aromatic rings. The summed E-state index contributed by atoms with van der Waals surface area (Å²) in [6.07, 6.45) is 2.54. The molecule has 0 spiro atoms. The second kappa shape index (κ2) is 6.54.